The van der Waals surface area contributed by atoms with Crippen molar-refractivity contribution in [1.29, 1.82) is 0 Å². The molecular weight excluding hydrogens is 252 g/mol. The Bertz CT molecular complexity index is 235. The second-order valence-electron chi connectivity index (χ2n) is 3.66. The molecule has 0 heterocycles. The van der Waals surface area contributed by atoms with Gasteiger partial charge in [-0.2, -0.15) is 0 Å². The van der Waals surface area contributed by atoms with Crippen LogP contribution in [0.25, 0.3) is 0 Å². The van der Waals surface area contributed by atoms with E-state index in [0.717, 1.165) is 0 Å². The van der Waals surface area contributed by atoms with E-state index in [2.05, 4.69) is 0 Å². The van der Waals surface area contributed by atoms with Crippen molar-refractivity contribution in [1.82, 2.24) is 0 Å². The van der Waals surface area contributed by atoms with E-state index in [1.807, 2.05) is 0 Å². The van der Waals surface area contributed by atoms with Gasteiger partial charge < -0.3 is 30.6 Å². The Morgan fingerprint density at radius 2 is 1.65 bits per heavy atom. The minimum absolute atomic E-state index is 0.0429. The second-order valence-corrected chi connectivity index (χ2v) is 4.68. The first kappa shape index (κ1) is 16.8. The third-order valence-corrected chi connectivity index (χ3v) is 3.14. The molecule has 0 radical (unpaired) electrons. The lowest BCUT2D eigenvalue weighted by Crippen LogP contribution is -2.48. The molecule has 17 heavy (non-hydrogen) atoms. The second kappa shape index (κ2) is 7.98. The molecule has 0 spiro atoms. The molecule has 0 saturated heterocycles. The van der Waals surface area contributed by atoms with Gasteiger partial charge in [0.1, 0.15) is 18.3 Å². The van der Waals surface area contributed by atoms with Gasteiger partial charge in [0, 0.05) is 5.75 Å². The minimum atomic E-state index is -1.90. The van der Waals surface area contributed by atoms with Crippen LogP contribution in [0.2, 0.25) is 0 Å². The van der Waals surface area contributed by atoms with Crippen LogP contribution in [0, 0.1) is 0 Å². The van der Waals surface area contributed by atoms with E-state index in [1.54, 1.807) is 0 Å². The van der Waals surface area contributed by atoms with Gasteiger partial charge in [0.05, 0.1) is 12.7 Å². The molecule has 0 aromatic heterocycles. The van der Waals surface area contributed by atoms with Gasteiger partial charge in [-0.15, -0.1) is 0 Å². The third kappa shape index (κ3) is 5.77. The molecule has 0 aliphatic heterocycles. The first-order valence-corrected chi connectivity index (χ1v) is 5.97. The molecular formula is C9H18O7S. The summed E-state index contributed by atoms with van der Waals surface area (Å²) in [5.74, 6) is 0.0429. The summed E-state index contributed by atoms with van der Waals surface area (Å²) in [6.07, 6.45) is -8.01. The average molecular weight is 270 g/mol. The Morgan fingerprint density at radius 1 is 1.12 bits per heavy atom. The zero-order valence-electron chi connectivity index (χ0n) is 9.30. The Morgan fingerprint density at radius 3 is 2.06 bits per heavy atom. The Labute approximate surface area is 103 Å². The fraction of sp³-hybridized carbons (Fsp3) is 0.889. The number of aliphatic hydroxyl groups excluding tert-OH is 6. The Hall–Kier alpha value is -0.220. The van der Waals surface area contributed by atoms with Gasteiger partial charge in [-0.05, 0) is 6.92 Å². The topological polar surface area (TPSA) is 138 Å². The maximum absolute atomic E-state index is 11.3. The van der Waals surface area contributed by atoms with Crippen molar-refractivity contribution in [2.75, 3.05) is 12.4 Å². The lowest BCUT2D eigenvalue weighted by molar-refractivity contribution is -0.139. The molecule has 8 heteroatoms. The van der Waals surface area contributed by atoms with E-state index in [1.165, 1.54) is 6.92 Å². The normalized spacial score (nSPS) is 20.4. The van der Waals surface area contributed by atoms with Gasteiger partial charge >= 0.3 is 0 Å². The number of hydrogen-bond acceptors (Lipinski definition) is 8. The molecule has 0 amide bonds. The Balaban J connectivity index is 4.28. The van der Waals surface area contributed by atoms with Crippen molar-refractivity contribution in [3.8, 4) is 0 Å². The molecule has 0 aliphatic rings. The summed E-state index contributed by atoms with van der Waals surface area (Å²) in [6.45, 7) is 0.646. The molecule has 0 rings (SSSR count). The molecule has 0 bridgehead atoms. The molecule has 0 aromatic carbocycles. The zero-order valence-corrected chi connectivity index (χ0v) is 10.1. The molecule has 0 fully saturated rings. The summed E-state index contributed by atoms with van der Waals surface area (Å²) in [6, 6.07) is 0. The number of carbonyl (C=O) groups is 1. The van der Waals surface area contributed by atoms with Gasteiger partial charge in [0.15, 0.2) is 6.10 Å². The summed E-state index contributed by atoms with van der Waals surface area (Å²) >= 11 is 0.604. The lowest BCUT2D eigenvalue weighted by atomic mass is 10.0. The fourth-order valence-corrected chi connectivity index (χ4v) is 1.67. The summed E-state index contributed by atoms with van der Waals surface area (Å²) in [7, 11) is 0. The van der Waals surface area contributed by atoms with Crippen molar-refractivity contribution in [2.24, 2.45) is 0 Å². The first-order chi connectivity index (χ1) is 7.81. The maximum Gasteiger partial charge on any atom is 0.220 e. The number of carbonyl (C=O) groups excluding carboxylic acids is 1. The highest BCUT2D eigenvalue weighted by Gasteiger charge is 2.34. The van der Waals surface area contributed by atoms with E-state index in [-0.39, 0.29) is 5.75 Å². The van der Waals surface area contributed by atoms with E-state index >= 15 is 0 Å². The summed E-state index contributed by atoms with van der Waals surface area (Å²) < 4.78 is 0. The molecule has 1 unspecified atom stereocenters. The molecule has 6 N–H and O–H groups in total. The van der Waals surface area contributed by atoms with Crippen molar-refractivity contribution in [3.05, 3.63) is 0 Å². The van der Waals surface area contributed by atoms with Crippen LogP contribution in [0.3, 0.4) is 0 Å². The molecule has 102 valence electrons. The SMILES string of the molecule is CC(O)CSC(=O)[C@H](O)[C@@H](O)[C@H](O)[C@H](O)CO. The zero-order chi connectivity index (χ0) is 13.6. The summed E-state index contributed by atoms with van der Waals surface area (Å²) in [5.41, 5.74) is 0. The Kier molecular flexibility index (Phi) is 7.88. The maximum atomic E-state index is 11.3. The van der Waals surface area contributed by atoms with Crippen LogP contribution in [0.15, 0.2) is 0 Å². The van der Waals surface area contributed by atoms with E-state index < -0.39 is 42.2 Å². The van der Waals surface area contributed by atoms with Crippen LogP contribution in [-0.4, -0.2) is 78.6 Å². The summed E-state index contributed by atoms with van der Waals surface area (Å²) in [4.78, 5) is 11.3. The number of aliphatic hydroxyl groups is 6. The van der Waals surface area contributed by atoms with Crippen molar-refractivity contribution in [2.45, 2.75) is 37.4 Å². The molecule has 5 atom stereocenters. The molecule has 0 saturated carbocycles. The van der Waals surface area contributed by atoms with Crippen LogP contribution in [0.1, 0.15) is 6.92 Å². The monoisotopic (exact) mass is 270 g/mol. The largest absolute Gasteiger partial charge is 0.394 e. The van der Waals surface area contributed by atoms with Crippen molar-refractivity contribution in [3.63, 3.8) is 0 Å². The standard InChI is InChI=1S/C9H18O7S/c1-4(11)3-17-9(16)8(15)7(14)6(13)5(12)2-10/h4-8,10-15H,2-3H2,1H3/t4?,5-,6-,7+,8-/m1/s1. The quantitative estimate of drug-likeness (QED) is 0.289. The third-order valence-electron chi connectivity index (χ3n) is 1.96. The smallest absolute Gasteiger partial charge is 0.220 e. The van der Waals surface area contributed by atoms with Crippen LogP contribution < -0.4 is 0 Å². The van der Waals surface area contributed by atoms with E-state index in [9.17, 15) is 20.1 Å². The van der Waals surface area contributed by atoms with E-state index in [0.29, 0.717) is 11.8 Å². The number of rotatable bonds is 7. The molecule has 0 aromatic rings. The van der Waals surface area contributed by atoms with E-state index in [4.69, 9.17) is 15.3 Å². The van der Waals surface area contributed by atoms with Crippen molar-refractivity contribution < 1.29 is 35.4 Å². The molecule has 7 nitrogen and oxygen atoms in total. The number of thioether (sulfide) groups is 1. The van der Waals surface area contributed by atoms with Gasteiger partial charge in [-0.1, -0.05) is 11.8 Å². The van der Waals surface area contributed by atoms with Gasteiger partial charge in [-0.25, -0.2) is 0 Å². The predicted molar refractivity (Wildman–Crippen MR) is 60.3 cm³/mol. The highest BCUT2D eigenvalue weighted by molar-refractivity contribution is 8.13. The van der Waals surface area contributed by atoms with Crippen molar-refractivity contribution >= 4 is 16.9 Å². The highest BCUT2D eigenvalue weighted by atomic mass is 32.2. The average Bonchev–Trinajstić information content (AvgIpc) is 2.31. The highest BCUT2D eigenvalue weighted by Crippen LogP contribution is 2.13. The summed E-state index contributed by atoms with van der Waals surface area (Å²) in [5, 5.41) is 53.6. The van der Waals surface area contributed by atoms with Gasteiger partial charge in [-0.3, -0.25) is 4.79 Å². The van der Waals surface area contributed by atoms with Crippen LogP contribution in [-0.2, 0) is 4.79 Å². The van der Waals surface area contributed by atoms with Crippen LogP contribution in [0.4, 0.5) is 0 Å². The minimum Gasteiger partial charge on any atom is -0.394 e. The van der Waals surface area contributed by atoms with Gasteiger partial charge in [0.25, 0.3) is 0 Å². The first-order valence-electron chi connectivity index (χ1n) is 4.99. The van der Waals surface area contributed by atoms with Crippen LogP contribution >= 0.6 is 11.8 Å². The fourth-order valence-electron chi connectivity index (χ4n) is 0.950. The predicted octanol–water partition coefficient (Wildman–Crippen LogP) is -2.94. The lowest BCUT2D eigenvalue weighted by Gasteiger charge is -2.24. The van der Waals surface area contributed by atoms with Gasteiger partial charge in [0.2, 0.25) is 5.12 Å². The number of hydrogen-bond donors (Lipinski definition) is 6. The van der Waals surface area contributed by atoms with Crippen LogP contribution in [0.5, 0.6) is 0 Å². The molecule has 0 aliphatic carbocycles.